The molecule has 1 aliphatic rings. The van der Waals surface area contributed by atoms with E-state index in [0.29, 0.717) is 17.7 Å². The number of hydrogen-bond donors (Lipinski definition) is 1. The number of nitrogens with zero attached hydrogens (tertiary/aromatic N) is 1. The maximum atomic E-state index is 12.8. The van der Waals surface area contributed by atoms with Crippen LogP contribution in [0.5, 0.6) is 0 Å². The lowest BCUT2D eigenvalue weighted by molar-refractivity contribution is -0.113. The average molecular weight is 409 g/mol. The number of benzene rings is 1. The van der Waals surface area contributed by atoms with E-state index in [2.05, 4.69) is 12.2 Å². The molecule has 0 spiro atoms. The molecule has 0 bridgehead atoms. The fraction of sp³-hybridized carbons (Fsp3) is 0.619. The summed E-state index contributed by atoms with van der Waals surface area (Å²) in [6.07, 6.45) is 5.54. The van der Waals surface area contributed by atoms with Gasteiger partial charge < -0.3 is 10.2 Å². The fourth-order valence-electron chi connectivity index (χ4n) is 3.53. The summed E-state index contributed by atoms with van der Waals surface area (Å²) in [5, 5.41) is 2.67. The number of piperidine rings is 1. The number of anilines is 1. The summed E-state index contributed by atoms with van der Waals surface area (Å²) in [6.45, 7) is 6.65. The van der Waals surface area contributed by atoms with Crippen molar-refractivity contribution >= 4 is 27.3 Å². The van der Waals surface area contributed by atoms with E-state index >= 15 is 0 Å². The molecular weight excluding hydrogens is 376 g/mol. The Labute approximate surface area is 168 Å². The third kappa shape index (κ3) is 6.33. The van der Waals surface area contributed by atoms with Crippen LogP contribution in [0.1, 0.15) is 68.3 Å². The van der Waals surface area contributed by atoms with Crippen molar-refractivity contribution in [1.82, 2.24) is 4.90 Å². The molecule has 1 aromatic carbocycles. The number of sulfone groups is 1. The van der Waals surface area contributed by atoms with Gasteiger partial charge in [-0.2, -0.15) is 0 Å². The highest BCUT2D eigenvalue weighted by Crippen LogP contribution is 2.22. The van der Waals surface area contributed by atoms with Crippen LogP contribution in [0.2, 0.25) is 0 Å². The van der Waals surface area contributed by atoms with E-state index in [1.165, 1.54) is 0 Å². The van der Waals surface area contributed by atoms with Gasteiger partial charge in [0.1, 0.15) is 5.75 Å². The predicted molar refractivity (Wildman–Crippen MR) is 112 cm³/mol. The van der Waals surface area contributed by atoms with Gasteiger partial charge in [0.15, 0.2) is 9.84 Å². The summed E-state index contributed by atoms with van der Waals surface area (Å²) in [5.41, 5.74) is 1.88. The molecule has 0 aliphatic carbocycles. The van der Waals surface area contributed by atoms with E-state index < -0.39 is 21.5 Å². The molecule has 2 amide bonds. The molecule has 1 saturated heterocycles. The third-order valence-electron chi connectivity index (χ3n) is 5.22. The molecule has 0 aromatic heterocycles. The van der Waals surface area contributed by atoms with E-state index in [0.717, 1.165) is 44.2 Å². The van der Waals surface area contributed by atoms with Crippen LogP contribution < -0.4 is 5.32 Å². The Bertz CT molecular complexity index is 805. The highest BCUT2D eigenvalue weighted by molar-refractivity contribution is 7.92. The van der Waals surface area contributed by atoms with Crippen LogP contribution in [-0.2, 0) is 14.6 Å². The molecule has 1 unspecified atom stereocenters. The molecular formula is C21H32N2O4S. The van der Waals surface area contributed by atoms with Gasteiger partial charge in [-0.1, -0.05) is 19.8 Å². The smallest absolute Gasteiger partial charge is 0.254 e. The average Bonchev–Trinajstić information content (AvgIpc) is 2.63. The van der Waals surface area contributed by atoms with Crippen LogP contribution >= 0.6 is 0 Å². The molecule has 0 saturated carbocycles. The van der Waals surface area contributed by atoms with Gasteiger partial charge in [0, 0.05) is 23.8 Å². The van der Waals surface area contributed by atoms with E-state index in [-0.39, 0.29) is 17.7 Å². The van der Waals surface area contributed by atoms with Crippen molar-refractivity contribution in [3.05, 3.63) is 29.3 Å². The summed E-state index contributed by atoms with van der Waals surface area (Å²) in [4.78, 5) is 26.8. The third-order valence-corrected chi connectivity index (χ3v) is 6.83. The van der Waals surface area contributed by atoms with Crippen LogP contribution in [0, 0.1) is 6.92 Å². The van der Waals surface area contributed by atoms with E-state index in [9.17, 15) is 18.0 Å². The Morgan fingerprint density at radius 3 is 2.61 bits per heavy atom. The van der Waals surface area contributed by atoms with Gasteiger partial charge in [-0.05, 0) is 63.3 Å². The molecule has 1 heterocycles. The summed E-state index contributed by atoms with van der Waals surface area (Å²) in [5.74, 6) is -1.01. The molecule has 28 heavy (non-hydrogen) atoms. The van der Waals surface area contributed by atoms with Crippen LogP contribution in [-0.4, -0.2) is 49.2 Å². The summed E-state index contributed by atoms with van der Waals surface area (Å²) in [6, 6.07) is 5.37. The first kappa shape index (κ1) is 22.4. The van der Waals surface area contributed by atoms with Crippen molar-refractivity contribution in [1.29, 1.82) is 0 Å². The number of aryl methyl sites for hydroxylation is 1. The van der Waals surface area contributed by atoms with E-state index in [1.807, 2.05) is 18.7 Å². The SMILES string of the molecule is CCCCCS(=O)(=O)CC(=O)Nc1ccc(C(=O)N2CCCCC2C)cc1C. The minimum Gasteiger partial charge on any atom is -0.336 e. The Kier molecular flexibility index (Phi) is 8.04. The highest BCUT2D eigenvalue weighted by atomic mass is 32.2. The number of rotatable bonds is 8. The molecule has 156 valence electrons. The maximum Gasteiger partial charge on any atom is 0.254 e. The second kappa shape index (κ2) is 10.0. The quantitative estimate of drug-likeness (QED) is 0.667. The molecule has 1 N–H and O–H groups in total. The van der Waals surface area contributed by atoms with Gasteiger partial charge in [-0.3, -0.25) is 9.59 Å². The molecule has 1 aromatic rings. The van der Waals surface area contributed by atoms with E-state index in [1.54, 1.807) is 18.2 Å². The van der Waals surface area contributed by atoms with Crippen molar-refractivity contribution in [2.24, 2.45) is 0 Å². The predicted octanol–water partition coefficient (Wildman–Crippen LogP) is 3.55. The number of hydrogen-bond acceptors (Lipinski definition) is 4. The minimum absolute atomic E-state index is 0.00618. The number of carbonyl (C=O) groups excluding carboxylic acids is 2. The molecule has 7 heteroatoms. The monoisotopic (exact) mass is 408 g/mol. The minimum atomic E-state index is -3.40. The zero-order valence-corrected chi connectivity index (χ0v) is 18.0. The number of amides is 2. The first-order valence-electron chi connectivity index (χ1n) is 10.2. The molecule has 2 rings (SSSR count). The number of nitrogens with one attached hydrogen (secondary N) is 1. The largest absolute Gasteiger partial charge is 0.336 e. The van der Waals surface area contributed by atoms with Crippen molar-refractivity contribution < 1.29 is 18.0 Å². The Hall–Kier alpha value is -1.89. The number of carbonyl (C=O) groups is 2. The second-order valence-corrected chi connectivity index (χ2v) is 9.90. The summed E-state index contributed by atoms with van der Waals surface area (Å²) >= 11 is 0. The molecule has 1 atom stereocenters. The van der Waals surface area contributed by atoms with Crippen LogP contribution in [0.15, 0.2) is 18.2 Å². The van der Waals surface area contributed by atoms with Gasteiger partial charge in [-0.25, -0.2) is 8.42 Å². The first-order chi connectivity index (χ1) is 13.2. The van der Waals surface area contributed by atoms with Gasteiger partial charge in [0.05, 0.1) is 5.75 Å². The lowest BCUT2D eigenvalue weighted by atomic mass is 10.0. The first-order valence-corrected chi connectivity index (χ1v) is 12.0. The molecule has 0 radical (unpaired) electrons. The second-order valence-electron chi connectivity index (χ2n) is 7.72. The van der Waals surface area contributed by atoms with Crippen LogP contribution in [0.25, 0.3) is 0 Å². The highest BCUT2D eigenvalue weighted by Gasteiger charge is 2.24. The van der Waals surface area contributed by atoms with Crippen LogP contribution in [0.4, 0.5) is 5.69 Å². The van der Waals surface area contributed by atoms with Crippen LogP contribution in [0.3, 0.4) is 0 Å². The summed E-state index contributed by atoms with van der Waals surface area (Å²) < 4.78 is 24.1. The zero-order chi connectivity index (χ0) is 20.7. The van der Waals surface area contributed by atoms with Gasteiger partial charge >= 0.3 is 0 Å². The van der Waals surface area contributed by atoms with Crippen molar-refractivity contribution in [2.45, 2.75) is 65.3 Å². The van der Waals surface area contributed by atoms with Crippen molar-refractivity contribution in [3.63, 3.8) is 0 Å². The Balaban J connectivity index is 2.00. The lowest BCUT2D eigenvalue weighted by Gasteiger charge is -2.33. The van der Waals surface area contributed by atoms with Crippen molar-refractivity contribution in [3.8, 4) is 0 Å². The number of likely N-dealkylation sites (tertiary alicyclic amines) is 1. The normalized spacial score (nSPS) is 17.4. The van der Waals surface area contributed by atoms with E-state index in [4.69, 9.17) is 0 Å². The summed E-state index contributed by atoms with van der Waals surface area (Å²) in [7, 11) is -3.40. The van der Waals surface area contributed by atoms with Crippen molar-refractivity contribution in [2.75, 3.05) is 23.4 Å². The topological polar surface area (TPSA) is 83.5 Å². The Morgan fingerprint density at radius 1 is 1.21 bits per heavy atom. The zero-order valence-electron chi connectivity index (χ0n) is 17.2. The molecule has 6 nitrogen and oxygen atoms in total. The Morgan fingerprint density at radius 2 is 1.96 bits per heavy atom. The standard InChI is InChI=1S/C21H32N2O4S/c1-4-5-8-13-28(26,27)15-20(24)22-19-11-10-18(14-16(19)2)21(25)23-12-7-6-9-17(23)3/h10-11,14,17H,4-9,12-13,15H2,1-3H3,(H,22,24). The fourth-order valence-corrected chi connectivity index (χ4v) is 4.79. The lowest BCUT2D eigenvalue weighted by Crippen LogP contribution is -2.42. The van der Waals surface area contributed by atoms with Gasteiger partial charge in [0.2, 0.25) is 5.91 Å². The molecule has 1 aliphatic heterocycles. The maximum absolute atomic E-state index is 12.8. The van der Waals surface area contributed by atoms with Gasteiger partial charge in [0.25, 0.3) is 5.91 Å². The number of unbranched alkanes of at least 4 members (excludes halogenated alkanes) is 2. The molecule has 1 fully saturated rings. The van der Waals surface area contributed by atoms with Gasteiger partial charge in [-0.15, -0.1) is 0 Å².